The first-order valence-corrected chi connectivity index (χ1v) is 9.33. The minimum atomic E-state index is -0.871. The topological polar surface area (TPSA) is 53.4 Å². The van der Waals surface area contributed by atoms with Gasteiger partial charge < -0.3 is 5.11 Å². The van der Waals surface area contributed by atoms with Gasteiger partial charge in [-0.2, -0.15) is 0 Å². The average molecular weight is 330 g/mol. The summed E-state index contributed by atoms with van der Waals surface area (Å²) in [5.41, 5.74) is 1.28. The maximum absolute atomic E-state index is 11.1. The fraction of sp³-hybridized carbons (Fsp3) is 0.556. The Morgan fingerprint density at radius 3 is 2.91 bits per heavy atom. The standard InChI is InChI=1S/C18H22N2O2S/c1-11-4-2-3-7-20(11)14-8-13(9-14)17-19-15-6-5-12(18(21)22)10-16(15)23-17/h5-6,10-11,13-14H,2-4,7-9H2,1H3,(H,21,22). The van der Waals surface area contributed by atoms with Crippen LogP contribution in [-0.2, 0) is 0 Å². The third-order valence-corrected chi connectivity index (χ3v) is 6.62. The summed E-state index contributed by atoms with van der Waals surface area (Å²) in [5.74, 6) is -0.315. The fourth-order valence-electron chi connectivity index (χ4n) is 3.97. The van der Waals surface area contributed by atoms with Gasteiger partial charge in [0.25, 0.3) is 0 Å². The number of likely N-dealkylation sites (tertiary alicyclic amines) is 1. The summed E-state index contributed by atoms with van der Waals surface area (Å²) in [6, 6.07) is 6.68. The maximum Gasteiger partial charge on any atom is 0.335 e. The molecule has 0 amide bonds. The van der Waals surface area contributed by atoms with Gasteiger partial charge in [-0.3, -0.25) is 4.90 Å². The highest BCUT2D eigenvalue weighted by molar-refractivity contribution is 7.18. The highest BCUT2D eigenvalue weighted by atomic mass is 32.1. The van der Waals surface area contributed by atoms with Crippen LogP contribution >= 0.6 is 11.3 Å². The highest BCUT2D eigenvalue weighted by Gasteiger charge is 2.38. The van der Waals surface area contributed by atoms with Crippen LogP contribution in [0.25, 0.3) is 10.2 Å². The van der Waals surface area contributed by atoms with Crippen molar-refractivity contribution in [1.82, 2.24) is 9.88 Å². The normalized spacial score (nSPS) is 28.7. The van der Waals surface area contributed by atoms with E-state index in [1.54, 1.807) is 23.5 Å². The molecule has 5 heteroatoms. The first-order valence-electron chi connectivity index (χ1n) is 8.51. The van der Waals surface area contributed by atoms with E-state index in [1.165, 1.54) is 43.7 Å². The van der Waals surface area contributed by atoms with Gasteiger partial charge in [0.15, 0.2) is 0 Å². The number of nitrogens with zero attached hydrogens (tertiary/aromatic N) is 2. The van der Waals surface area contributed by atoms with E-state index in [-0.39, 0.29) is 0 Å². The van der Waals surface area contributed by atoms with E-state index in [4.69, 9.17) is 10.1 Å². The van der Waals surface area contributed by atoms with E-state index >= 15 is 0 Å². The van der Waals surface area contributed by atoms with Crippen molar-refractivity contribution in [3.8, 4) is 0 Å². The van der Waals surface area contributed by atoms with Gasteiger partial charge in [0.2, 0.25) is 0 Å². The molecule has 4 nitrogen and oxygen atoms in total. The van der Waals surface area contributed by atoms with Crippen LogP contribution in [0.1, 0.15) is 60.3 Å². The Bertz CT molecular complexity index is 736. The molecule has 1 saturated heterocycles. The molecule has 122 valence electrons. The number of piperidine rings is 1. The summed E-state index contributed by atoms with van der Waals surface area (Å²) < 4.78 is 0.995. The van der Waals surface area contributed by atoms with Crippen molar-refractivity contribution in [2.75, 3.05) is 6.54 Å². The van der Waals surface area contributed by atoms with Crippen molar-refractivity contribution in [2.45, 2.75) is 57.0 Å². The summed E-state index contributed by atoms with van der Waals surface area (Å²) in [5, 5.41) is 10.3. The van der Waals surface area contributed by atoms with Gasteiger partial charge in [0, 0.05) is 18.0 Å². The van der Waals surface area contributed by atoms with Crippen molar-refractivity contribution < 1.29 is 9.90 Å². The molecular weight excluding hydrogens is 308 g/mol. The molecule has 4 rings (SSSR count). The van der Waals surface area contributed by atoms with E-state index in [0.717, 1.165) is 22.3 Å². The number of hydrogen-bond acceptors (Lipinski definition) is 4. The van der Waals surface area contributed by atoms with Gasteiger partial charge in [-0.25, -0.2) is 9.78 Å². The number of hydrogen-bond donors (Lipinski definition) is 1. The summed E-state index contributed by atoms with van der Waals surface area (Å²) >= 11 is 1.67. The first kappa shape index (κ1) is 15.1. The minimum Gasteiger partial charge on any atom is -0.478 e. The lowest BCUT2D eigenvalue weighted by molar-refractivity contribution is 0.0480. The third kappa shape index (κ3) is 2.76. The fourth-order valence-corrected chi connectivity index (χ4v) is 5.11. The molecule has 23 heavy (non-hydrogen) atoms. The van der Waals surface area contributed by atoms with E-state index in [2.05, 4.69) is 11.8 Å². The average Bonchev–Trinajstić information content (AvgIpc) is 2.90. The van der Waals surface area contributed by atoms with Crippen molar-refractivity contribution >= 4 is 27.5 Å². The molecule has 2 fully saturated rings. The number of thiazole rings is 1. The Labute approximate surface area is 140 Å². The lowest BCUT2D eigenvalue weighted by Gasteiger charge is -2.47. The second kappa shape index (κ2) is 5.87. The lowest BCUT2D eigenvalue weighted by atomic mass is 9.78. The van der Waals surface area contributed by atoms with Crippen LogP contribution < -0.4 is 0 Å². The molecule has 1 aliphatic heterocycles. The molecule has 1 N–H and O–H groups in total. The van der Waals surface area contributed by atoms with E-state index in [1.807, 2.05) is 6.07 Å². The first-order chi connectivity index (χ1) is 11.1. The van der Waals surface area contributed by atoms with Gasteiger partial charge >= 0.3 is 5.97 Å². The zero-order valence-electron chi connectivity index (χ0n) is 13.4. The summed E-state index contributed by atoms with van der Waals surface area (Å²) in [4.78, 5) is 18.5. The molecule has 0 bridgehead atoms. The van der Waals surface area contributed by atoms with Gasteiger partial charge in [-0.1, -0.05) is 6.42 Å². The molecule has 1 aromatic carbocycles. The number of benzene rings is 1. The third-order valence-electron chi connectivity index (χ3n) is 5.44. The molecule has 1 unspecified atom stereocenters. The molecule has 1 aliphatic carbocycles. The molecule has 1 aromatic heterocycles. The van der Waals surface area contributed by atoms with Gasteiger partial charge in [-0.05, 0) is 57.4 Å². The molecule has 0 radical (unpaired) electrons. The second-order valence-corrected chi connectivity index (χ2v) is 8.01. The summed E-state index contributed by atoms with van der Waals surface area (Å²) in [6.07, 6.45) is 6.45. The van der Waals surface area contributed by atoms with Crippen molar-refractivity contribution in [3.05, 3.63) is 28.8 Å². The Morgan fingerprint density at radius 1 is 1.35 bits per heavy atom. The van der Waals surface area contributed by atoms with Gasteiger partial charge in [0.05, 0.1) is 20.8 Å². The van der Waals surface area contributed by atoms with Crippen LogP contribution in [0.5, 0.6) is 0 Å². The zero-order chi connectivity index (χ0) is 16.0. The van der Waals surface area contributed by atoms with Crippen LogP contribution in [0, 0.1) is 0 Å². The molecule has 0 spiro atoms. The lowest BCUT2D eigenvalue weighted by Crippen LogP contribution is -2.50. The highest BCUT2D eigenvalue weighted by Crippen LogP contribution is 2.44. The molecule has 1 saturated carbocycles. The second-order valence-electron chi connectivity index (χ2n) is 6.94. The number of carbonyl (C=O) groups is 1. The molecule has 2 heterocycles. The summed E-state index contributed by atoms with van der Waals surface area (Å²) in [7, 11) is 0. The minimum absolute atomic E-state index is 0.348. The van der Waals surface area contributed by atoms with Gasteiger partial charge in [-0.15, -0.1) is 11.3 Å². The van der Waals surface area contributed by atoms with Crippen molar-refractivity contribution in [2.24, 2.45) is 0 Å². The van der Waals surface area contributed by atoms with E-state index < -0.39 is 5.97 Å². The molecule has 1 atom stereocenters. The van der Waals surface area contributed by atoms with Crippen LogP contribution in [0.4, 0.5) is 0 Å². The molecular formula is C18H22N2O2S. The van der Waals surface area contributed by atoms with Crippen LogP contribution in [0.2, 0.25) is 0 Å². The monoisotopic (exact) mass is 330 g/mol. The number of carboxylic acid groups (broad SMARTS) is 1. The molecule has 2 aromatic rings. The number of aromatic nitrogens is 1. The number of rotatable bonds is 3. The predicted molar refractivity (Wildman–Crippen MR) is 92.4 cm³/mol. The quantitative estimate of drug-likeness (QED) is 0.920. The number of fused-ring (bicyclic) bond motifs is 1. The SMILES string of the molecule is CC1CCCCN1C1CC(c2nc3ccc(C(=O)O)cc3s2)C1. The Balaban J connectivity index is 1.47. The van der Waals surface area contributed by atoms with E-state index in [0.29, 0.717) is 11.5 Å². The summed E-state index contributed by atoms with van der Waals surface area (Å²) in [6.45, 7) is 3.61. The van der Waals surface area contributed by atoms with Gasteiger partial charge in [0.1, 0.15) is 0 Å². The Morgan fingerprint density at radius 2 is 2.17 bits per heavy atom. The Kier molecular flexibility index (Phi) is 3.85. The van der Waals surface area contributed by atoms with Crippen molar-refractivity contribution in [1.29, 1.82) is 0 Å². The van der Waals surface area contributed by atoms with Crippen molar-refractivity contribution in [3.63, 3.8) is 0 Å². The van der Waals surface area contributed by atoms with E-state index in [9.17, 15) is 4.79 Å². The van der Waals surface area contributed by atoms with Crippen LogP contribution in [0.3, 0.4) is 0 Å². The number of aromatic carboxylic acids is 1. The number of carboxylic acids is 1. The zero-order valence-corrected chi connectivity index (χ0v) is 14.2. The Hall–Kier alpha value is -1.46. The smallest absolute Gasteiger partial charge is 0.335 e. The maximum atomic E-state index is 11.1. The largest absolute Gasteiger partial charge is 0.478 e. The van der Waals surface area contributed by atoms with Crippen LogP contribution in [-0.4, -0.2) is 39.6 Å². The van der Waals surface area contributed by atoms with Crippen LogP contribution in [0.15, 0.2) is 18.2 Å². The predicted octanol–water partition coefficient (Wildman–Crippen LogP) is 4.11. The molecule has 2 aliphatic rings.